The second kappa shape index (κ2) is 6.70. The van der Waals surface area contributed by atoms with Crippen molar-refractivity contribution in [3.63, 3.8) is 0 Å². The fourth-order valence-corrected chi connectivity index (χ4v) is 4.07. The molecule has 0 amide bonds. The lowest BCUT2D eigenvalue weighted by Crippen LogP contribution is -2.15. The summed E-state index contributed by atoms with van der Waals surface area (Å²) in [4.78, 5) is 4.39. The van der Waals surface area contributed by atoms with E-state index in [1.807, 2.05) is 24.4 Å². The second-order valence-electron chi connectivity index (χ2n) is 5.32. The zero-order chi connectivity index (χ0) is 17.2. The van der Waals surface area contributed by atoms with E-state index in [1.54, 1.807) is 29.5 Å². The van der Waals surface area contributed by atoms with Crippen molar-refractivity contribution < 1.29 is 12.8 Å². The lowest BCUT2D eigenvalue weighted by Gasteiger charge is -2.09. The highest BCUT2D eigenvalue weighted by molar-refractivity contribution is 7.91. The highest BCUT2D eigenvalue weighted by atomic mass is 32.2. The minimum Gasteiger partial charge on any atom is -0.283 e. The molecule has 3 rings (SSSR count). The van der Waals surface area contributed by atoms with Gasteiger partial charge in [0.2, 0.25) is 10.0 Å². The van der Waals surface area contributed by atoms with Crippen LogP contribution in [0, 0.1) is 12.7 Å². The van der Waals surface area contributed by atoms with E-state index >= 15 is 0 Å². The van der Waals surface area contributed by atoms with Crippen molar-refractivity contribution in [1.82, 2.24) is 4.98 Å². The van der Waals surface area contributed by atoms with Crippen molar-refractivity contribution in [2.24, 2.45) is 0 Å². The Kier molecular flexibility index (Phi) is 4.64. The smallest absolute Gasteiger partial charge is 0.236 e. The maximum Gasteiger partial charge on any atom is 0.236 e. The monoisotopic (exact) mass is 362 g/mol. The molecule has 0 radical (unpaired) electrons. The summed E-state index contributed by atoms with van der Waals surface area (Å²) in [5.41, 5.74) is 2.65. The molecular weight excluding hydrogens is 347 g/mol. The number of nitrogens with one attached hydrogen (secondary N) is 1. The molecule has 4 nitrogen and oxygen atoms in total. The van der Waals surface area contributed by atoms with Crippen molar-refractivity contribution in [3.05, 3.63) is 70.3 Å². The van der Waals surface area contributed by atoms with Crippen molar-refractivity contribution in [2.75, 3.05) is 4.72 Å². The van der Waals surface area contributed by atoms with E-state index in [2.05, 4.69) is 9.71 Å². The van der Waals surface area contributed by atoms with Gasteiger partial charge in [0.25, 0.3) is 0 Å². The molecule has 0 unspecified atom stereocenters. The van der Waals surface area contributed by atoms with Gasteiger partial charge in [-0.3, -0.25) is 4.72 Å². The van der Waals surface area contributed by atoms with E-state index in [1.165, 1.54) is 18.2 Å². The quantitative estimate of drug-likeness (QED) is 0.740. The minimum absolute atomic E-state index is 0.280. The molecular formula is C17H15FN2O2S2. The fourth-order valence-electron chi connectivity index (χ4n) is 2.27. The van der Waals surface area contributed by atoms with Gasteiger partial charge in [-0.2, -0.15) is 0 Å². The predicted molar refractivity (Wildman–Crippen MR) is 94.9 cm³/mol. The summed E-state index contributed by atoms with van der Waals surface area (Å²) in [6, 6.07) is 12.6. The Labute approximate surface area is 144 Å². The first-order valence-electron chi connectivity index (χ1n) is 7.19. The Morgan fingerprint density at radius 2 is 1.92 bits per heavy atom. The lowest BCUT2D eigenvalue weighted by atomic mass is 10.1. The molecule has 7 heteroatoms. The van der Waals surface area contributed by atoms with Crippen molar-refractivity contribution >= 4 is 27.0 Å². The van der Waals surface area contributed by atoms with Crippen LogP contribution in [0.15, 0.2) is 53.9 Å². The van der Waals surface area contributed by atoms with Gasteiger partial charge in [0.15, 0.2) is 0 Å². The predicted octanol–water partition coefficient (Wildman–Crippen LogP) is 4.20. The molecule has 3 aromatic rings. The first-order chi connectivity index (χ1) is 11.4. The maximum atomic E-state index is 13.2. The van der Waals surface area contributed by atoms with Crippen LogP contribution in [0.4, 0.5) is 10.1 Å². The number of hydrogen-bond acceptors (Lipinski definition) is 4. The van der Waals surface area contributed by atoms with Gasteiger partial charge in [0.05, 0.1) is 16.5 Å². The number of aryl methyl sites for hydroxylation is 1. The summed E-state index contributed by atoms with van der Waals surface area (Å²) in [5, 5.41) is 2.93. The van der Waals surface area contributed by atoms with Crippen LogP contribution in [0.3, 0.4) is 0 Å². The molecule has 1 heterocycles. The third kappa shape index (κ3) is 4.18. The number of benzene rings is 2. The molecule has 0 bridgehead atoms. The molecule has 0 aliphatic rings. The Hall–Kier alpha value is -2.25. The van der Waals surface area contributed by atoms with Crippen LogP contribution < -0.4 is 4.72 Å². The maximum absolute atomic E-state index is 13.2. The van der Waals surface area contributed by atoms with E-state index < -0.39 is 15.8 Å². The molecule has 24 heavy (non-hydrogen) atoms. The Morgan fingerprint density at radius 3 is 2.54 bits per heavy atom. The number of nitrogens with zero attached hydrogens (tertiary/aromatic N) is 1. The van der Waals surface area contributed by atoms with Crippen LogP contribution in [-0.2, 0) is 15.8 Å². The molecule has 0 fully saturated rings. The van der Waals surface area contributed by atoms with E-state index in [9.17, 15) is 12.8 Å². The SMILES string of the molecule is Cc1nc(-c2ccc(NS(=O)(=O)Cc3cccc(F)c3)cc2)cs1. The zero-order valence-corrected chi connectivity index (χ0v) is 14.5. The molecule has 0 spiro atoms. The van der Waals surface area contributed by atoms with Crippen LogP contribution in [-0.4, -0.2) is 13.4 Å². The highest BCUT2D eigenvalue weighted by Crippen LogP contribution is 2.23. The molecule has 1 N–H and O–H groups in total. The summed E-state index contributed by atoms with van der Waals surface area (Å²) >= 11 is 1.56. The van der Waals surface area contributed by atoms with Gasteiger partial charge in [-0.15, -0.1) is 11.3 Å². The van der Waals surface area contributed by atoms with Gasteiger partial charge in [-0.05, 0) is 36.8 Å². The number of aromatic nitrogens is 1. The Morgan fingerprint density at radius 1 is 1.17 bits per heavy atom. The third-order valence-corrected chi connectivity index (χ3v) is 5.35. The number of thiazole rings is 1. The van der Waals surface area contributed by atoms with Gasteiger partial charge < -0.3 is 0 Å². The summed E-state index contributed by atoms with van der Waals surface area (Å²) in [6.07, 6.45) is 0. The first kappa shape index (κ1) is 16.6. The number of rotatable bonds is 5. The molecule has 0 aliphatic heterocycles. The van der Waals surface area contributed by atoms with Gasteiger partial charge in [-0.25, -0.2) is 17.8 Å². The van der Waals surface area contributed by atoms with Crippen LogP contribution in [0.5, 0.6) is 0 Å². The normalized spacial score (nSPS) is 11.4. The van der Waals surface area contributed by atoms with Crippen molar-refractivity contribution in [3.8, 4) is 11.3 Å². The summed E-state index contributed by atoms with van der Waals surface area (Å²) in [7, 11) is -3.61. The Balaban J connectivity index is 1.73. The second-order valence-corrected chi connectivity index (χ2v) is 8.10. The average molecular weight is 362 g/mol. The average Bonchev–Trinajstić information content (AvgIpc) is 2.93. The Bertz CT molecular complexity index is 951. The van der Waals surface area contributed by atoms with Crippen LogP contribution in [0.25, 0.3) is 11.3 Å². The summed E-state index contributed by atoms with van der Waals surface area (Å²) < 4.78 is 40.0. The molecule has 0 saturated heterocycles. The lowest BCUT2D eigenvalue weighted by molar-refractivity contribution is 0.599. The fraction of sp³-hybridized carbons (Fsp3) is 0.118. The molecule has 0 atom stereocenters. The number of hydrogen-bond donors (Lipinski definition) is 1. The number of sulfonamides is 1. The van der Waals surface area contributed by atoms with Crippen LogP contribution in [0.1, 0.15) is 10.6 Å². The van der Waals surface area contributed by atoms with E-state index in [0.29, 0.717) is 11.3 Å². The van der Waals surface area contributed by atoms with Crippen LogP contribution >= 0.6 is 11.3 Å². The van der Waals surface area contributed by atoms with E-state index in [-0.39, 0.29) is 5.75 Å². The molecule has 0 saturated carbocycles. The standard InChI is InChI=1S/C17H15FN2O2S2/c1-12-19-17(10-23-12)14-5-7-16(8-6-14)20-24(21,22)11-13-3-2-4-15(18)9-13/h2-10,20H,11H2,1H3. The largest absolute Gasteiger partial charge is 0.283 e. The van der Waals surface area contributed by atoms with Gasteiger partial charge >= 0.3 is 0 Å². The minimum atomic E-state index is -3.61. The highest BCUT2D eigenvalue weighted by Gasteiger charge is 2.12. The van der Waals surface area contributed by atoms with E-state index in [0.717, 1.165) is 16.3 Å². The molecule has 0 aliphatic carbocycles. The third-order valence-electron chi connectivity index (χ3n) is 3.32. The van der Waals surface area contributed by atoms with Gasteiger partial charge in [-0.1, -0.05) is 24.3 Å². The summed E-state index contributed by atoms with van der Waals surface area (Å²) in [5.74, 6) is -0.733. The summed E-state index contributed by atoms with van der Waals surface area (Å²) in [6.45, 7) is 1.93. The van der Waals surface area contributed by atoms with Gasteiger partial charge in [0, 0.05) is 16.6 Å². The van der Waals surface area contributed by atoms with Gasteiger partial charge in [0.1, 0.15) is 5.82 Å². The van der Waals surface area contributed by atoms with E-state index in [4.69, 9.17) is 0 Å². The topological polar surface area (TPSA) is 59.1 Å². The van der Waals surface area contributed by atoms with Crippen LogP contribution in [0.2, 0.25) is 0 Å². The van der Waals surface area contributed by atoms with Crippen molar-refractivity contribution in [2.45, 2.75) is 12.7 Å². The van der Waals surface area contributed by atoms with Crippen molar-refractivity contribution in [1.29, 1.82) is 0 Å². The molecule has 124 valence electrons. The molecule has 1 aromatic heterocycles. The molecule has 2 aromatic carbocycles. The number of halogens is 1. The number of anilines is 1. The zero-order valence-electron chi connectivity index (χ0n) is 12.9. The first-order valence-corrected chi connectivity index (χ1v) is 9.72.